The fourth-order valence-electron chi connectivity index (χ4n) is 1.93. The summed E-state index contributed by atoms with van der Waals surface area (Å²) in [6.07, 6.45) is 0.362. The van der Waals surface area contributed by atoms with Gasteiger partial charge in [-0.15, -0.1) is 0 Å². The van der Waals surface area contributed by atoms with Gasteiger partial charge >= 0.3 is 0 Å². The van der Waals surface area contributed by atoms with Gasteiger partial charge in [-0.25, -0.2) is 13.1 Å². The molecule has 104 valence electrons. The number of aliphatic hydroxyl groups excluding tert-OH is 1. The minimum Gasteiger partial charge on any atom is -0.396 e. The quantitative estimate of drug-likeness (QED) is 0.682. The first kappa shape index (κ1) is 14.0. The van der Waals surface area contributed by atoms with Crippen LogP contribution in [0.25, 0.3) is 0 Å². The smallest absolute Gasteiger partial charge is 0.240 e. The van der Waals surface area contributed by atoms with E-state index in [1.165, 1.54) is 12.1 Å². The van der Waals surface area contributed by atoms with Gasteiger partial charge in [0.1, 0.15) is 0 Å². The molecule has 0 radical (unpaired) electrons. The van der Waals surface area contributed by atoms with Crippen LogP contribution in [0.1, 0.15) is 24.8 Å². The predicted molar refractivity (Wildman–Crippen MR) is 70.4 cm³/mol. The topological polar surface area (TPSA) is 95.5 Å². The molecule has 19 heavy (non-hydrogen) atoms. The molecular weight excluding hydrogens is 268 g/mol. The Kier molecular flexibility index (Phi) is 3.88. The predicted octanol–water partition coefficient (Wildman–Crippen LogP) is 0.403. The van der Waals surface area contributed by atoms with Crippen LogP contribution in [-0.4, -0.2) is 32.6 Å². The van der Waals surface area contributed by atoms with E-state index in [1.807, 2.05) is 0 Å². The molecule has 1 heterocycles. The first-order chi connectivity index (χ1) is 8.95. The van der Waals surface area contributed by atoms with Crippen LogP contribution in [0.5, 0.6) is 0 Å². The number of anilines is 1. The highest BCUT2D eigenvalue weighted by atomic mass is 32.2. The maximum atomic E-state index is 12.0. The molecule has 0 saturated heterocycles. The lowest BCUT2D eigenvalue weighted by atomic mass is 10.0. The van der Waals surface area contributed by atoms with E-state index in [0.717, 1.165) is 0 Å². The van der Waals surface area contributed by atoms with Gasteiger partial charge in [-0.05, 0) is 37.1 Å². The van der Waals surface area contributed by atoms with Gasteiger partial charge in [0.25, 0.3) is 0 Å². The summed E-state index contributed by atoms with van der Waals surface area (Å²) < 4.78 is 26.4. The maximum absolute atomic E-state index is 12.0. The number of aliphatic hydroxyl groups is 1. The molecule has 2 rings (SSSR count). The van der Waals surface area contributed by atoms with Gasteiger partial charge in [0.05, 0.1) is 10.8 Å². The third kappa shape index (κ3) is 2.78. The van der Waals surface area contributed by atoms with Crippen molar-refractivity contribution < 1.29 is 18.3 Å². The largest absolute Gasteiger partial charge is 0.396 e. The summed E-state index contributed by atoms with van der Waals surface area (Å²) in [5.74, 6) is -0.472. The number of rotatable bonds is 5. The Balaban J connectivity index is 2.26. The summed E-state index contributed by atoms with van der Waals surface area (Å²) in [6.45, 7) is 1.85. The normalized spacial score (nSPS) is 18.2. The molecule has 0 aliphatic carbocycles. The SMILES string of the molecule is CC1C(=O)Nc2ccc(S(=O)(=O)NCCCO)cc21. The molecule has 1 amide bonds. The number of hydrogen-bond acceptors (Lipinski definition) is 4. The number of sulfonamides is 1. The number of carbonyl (C=O) groups is 1. The molecule has 6 nitrogen and oxygen atoms in total. The molecule has 0 saturated carbocycles. The zero-order chi connectivity index (χ0) is 14.0. The molecule has 0 aromatic heterocycles. The Bertz CT molecular complexity index is 598. The maximum Gasteiger partial charge on any atom is 0.240 e. The van der Waals surface area contributed by atoms with E-state index in [2.05, 4.69) is 10.0 Å². The molecule has 1 aromatic carbocycles. The van der Waals surface area contributed by atoms with Crippen LogP contribution >= 0.6 is 0 Å². The van der Waals surface area contributed by atoms with Crippen molar-refractivity contribution in [1.29, 1.82) is 0 Å². The fraction of sp³-hybridized carbons (Fsp3) is 0.417. The van der Waals surface area contributed by atoms with E-state index in [0.29, 0.717) is 17.7 Å². The van der Waals surface area contributed by atoms with Gasteiger partial charge in [-0.1, -0.05) is 0 Å². The zero-order valence-electron chi connectivity index (χ0n) is 10.5. The number of fused-ring (bicyclic) bond motifs is 1. The molecule has 0 bridgehead atoms. The summed E-state index contributed by atoms with van der Waals surface area (Å²) in [6, 6.07) is 4.56. The number of nitrogens with one attached hydrogen (secondary N) is 2. The van der Waals surface area contributed by atoms with Crippen LogP contribution < -0.4 is 10.0 Å². The Labute approximate surface area is 111 Å². The van der Waals surface area contributed by atoms with Gasteiger partial charge in [0.2, 0.25) is 15.9 Å². The van der Waals surface area contributed by atoms with Crippen molar-refractivity contribution >= 4 is 21.6 Å². The van der Waals surface area contributed by atoms with E-state index < -0.39 is 10.0 Å². The second-order valence-electron chi connectivity index (χ2n) is 4.43. The Hall–Kier alpha value is -1.44. The summed E-state index contributed by atoms with van der Waals surface area (Å²) in [5, 5.41) is 11.3. The van der Waals surface area contributed by atoms with E-state index in [1.54, 1.807) is 13.0 Å². The van der Waals surface area contributed by atoms with Crippen molar-refractivity contribution in [3.05, 3.63) is 23.8 Å². The van der Waals surface area contributed by atoms with Crippen molar-refractivity contribution in [3.63, 3.8) is 0 Å². The molecule has 0 spiro atoms. The van der Waals surface area contributed by atoms with Crippen LogP contribution in [0.2, 0.25) is 0 Å². The second kappa shape index (κ2) is 5.28. The fourth-order valence-corrected chi connectivity index (χ4v) is 3.04. The van der Waals surface area contributed by atoms with E-state index in [-0.39, 0.29) is 29.9 Å². The second-order valence-corrected chi connectivity index (χ2v) is 6.20. The molecule has 1 aromatic rings. The van der Waals surface area contributed by atoms with Crippen LogP contribution in [-0.2, 0) is 14.8 Å². The summed E-state index contributed by atoms with van der Waals surface area (Å²) in [4.78, 5) is 11.6. The van der Waals surface area contributed by atoms with Crippen LogP contribution in [0.4, 0.5) is 5.69 Å². The van der Waals surface area contributed by atoms with E-state index in [4.69, 9.17) is 5.11 Å². The molecule has 7 heteroatoms. The van der Waals surface area contributed by atoms with E-state index >= 15 is 0 Å². The van der Waals surface area contributed by atoms with Crippen LogP contribution in [0, 0.1) is 0 Å². The molecule has 0 fully saturated rings. The lowest BCUT2D eigenvalue weighted by Gasteiger charge is -2.08. The number of amides is 1. The minimum absolute atomic E-state index is 0.0673. The minimum atomic E-state index is -3.60. The number of carbonyl (C=O) groups excluding carboxylic acids is 1. The molecule has 1 aliphatic rings. The molecule has 3 N–H and O–H groups in total. The average Bonchev–Trinajstić information content (AvgIpc) is 2.65. The highest BCUT2D eigenvalue weighted by Gasteiger charge is 2.28. The molecule has 1 aliphatic heterocycles. The van der Waals surface area contributed by atoms with Crippen molar-refractivity contribution in [2.24, 2.45) is 0 Å². The van der Waals surface area contributed by atoms with Crippen LogP contribution in [0.3, 0.4) is 0 Å². The van der Waals surface area contributed by atoms with Crippen molar-refractivity contribution in [2.75, 3.05) is 18.5 Å². The zero-order valence-corrected chi connectivity index (χ0v) is 11.3. The standard InChI is InChI=1S/C12H16N2O4S/c1-8-10-7-9(3-4-11(10)14-12(8)16)19(17,18)13-5-2-6-15/h3-4,7-8,13,15H,2,5-6H2,1H3,(H,14,16). The lowest BCUT2D eigenvalue weighted by molar-refractivity contribution is -0.116. The highest BCUT2D eigenvalue weighted by molar-refractivity contribution is 7.89. The highest BCUT2D eigenvalue weighted by Crippen LogP contribution is 2.33. The van der Waals surface area contributed by atoms with E-state index in [9.17, 15) is 13.2 Å². The third-order valence-corrected chi connectivity index (χ3v) is 4.54. The first-order valence-corrected chi connectivity index (χ1v) is 7.49. The van der Waals surface area contributed by atoms with Crippen molar-refractivity contribution in [3.8, 4) is 0 Å². The van der Waals surface area contributed by atoms with Crippen molar-refractivity contribution in [2.45, 2.75) is 24.2 Å². The summed E-state index contributed by atoms with van der Waals surface area (Å²) in [7, 11) is -3.60. The lowest BCUT2D eigenvalue weighted by Crippen LogP contribution is -2.25. The Morgan fingerprint density at radius 3 is 2.84 bits per heavy atom. The van der Waals surface area contributed by atoms with Crippen LogP contribution in [0.15, 0.2) is 23.1 Å². The monoisotopic (exact) mass is 284 g/mol. The first-order valence-electron chi connectivity index (χ1n) is 6.01. The summed E-state index contributed by atoms with van der Waals surface area (Å²) in [5.41, 5.74) is 1.35. The Morgan fingerprint density at radius 1 is 1.42 bits per heavy atom. The third-order valence-electron chi connectivity index (χ3n) is 3.08. The number of hydrogen-bond donors (Lipinski definition) is 3. The number of benzene rings is 1. The van der Waals surface area contributed by atoms with Gasteiger partial charge in [-0.3, -0.25) is 4.79 Å². The van der Waals surface area contributed by atoms with Gasteiger partial charge < -0.3 is 10.4 Å². The molecular formula is C12H16N2O4S. The molecule has 1 unspecified atom stereocenters. The van der Waals surface area contributed by atoms with Gasteiger partial charge in [0, 0.05) is 18.8 Å². The van der Waals surface area contributed by atoms with Gasteiger partial charge in [-0.2, -0.15) is 0 Å². The summed E-state index contributed by atoms with van der Waals surface area (Å²) >= 11 is 0. The average molecular weight is 284 g/mol. The van der Waals surface area contributed by atoms with Crippen molar-refractivity contribution in [1.82, 2.24) is 4.72 Å². The Morgan fingerprint density at radius 2 is 2.16 bits per heavy atom. The van der Waals surface area contributed by atoms with Gasteiger partial charge in [0.15, 0.2) is 0 Å². The molecule has 1 atom stereocenters.